The lowest BCUT2D eigenvalue weighted by atomic mass is 9.97. The number of pyridine rings is 1. The Morgan fingerprint density at radius 1 is 0.273 bits per heavy atom. The van der Waals surface area contributed by atoms with E-state index in [9.17, 15) is 0 Å². The van der Waals surface area contributed by atoms with Crippen molar-refractivity contribution in [2.45, 2.75) is 0 Å². The summed E-state index contributed by atoms with van der Waals surface area (Å²) >= 11 is 0. The maximum atomic E-state index is 5.21. The van der Waals surface area contributed by atoms with Gasteiger partial charge in [-0.15, -0.1) is 0 Å². The fourth-order valence-electron chi connectivity index (χ4n) is 11.3. The molecule has 66 heavy (non-hydrogen) atoms. The lowest BCUT2D eigenvalue weighted by Gasteiger charge is -2.12. The molecule has 0 spiro atoms. The van der Waals surface area contributed by atoms with Crippen LogP contribution in [-0.2, 0) is 0 Å². The van der Waals surface area contributed by atoms with Gasteiger partial charge in [-0.2, -0.15) is 0 Å². The van der Waals surface area contributed by atoms with Crippen LogP contribution in [0.4, 0.5) is 0 Å². The number of hydrogen-bond acceptors (Lipinski definition) is 1. The van der Waals surface area contributed by atoms with Crippen LogP contribution >= 0.6 is 0 Å². The van der Waals surface area contributed by atoms with Gasteiger partial charge in [-0.3, -0.25) is 0 Å². The number of benzene rings is 11. The van der Waals surface area contributed by atoms with Gasteiger partial charge in [0.15, 0.2) is 0 Å². The molecule has 3 aromatic heterocycles. The molecule has 0 N–H and O–H groups in total. The van der Waals surface area contributed by atoms with Crippen molar-refractivity contribution in [1.82, 2.24) is 14.1 Å². The van der Waals surface area contributed by atoms with E-state index in [1.54, 1.807) is 0 Å². The van der Waals surface area contributed by atoms with Crippen LogP contribution < -0.4 is 0 Å². The molecular weight excluding hydrogens is 799 g/mol. The van der Waals surface area contributed by atoms with Crippen molar-refractivity contribution in [3.8, 4) is 56.0 Å². The lowest BCUT2D eigenvalue weighted by Crippen LogP contribution is -1.94. The summed E-state index contributed by atoms with van der Waals surface area (Å²) in [7, 11) is 0. The van der Waals surface area contributed by atoms with Crippen LogP contribution in [0.2, 0.25) is 0 Å². The Balaban J connectivity index is 0.816. The smallest absolute Gasteiger partial charge is 0.0722 e. The Morgan fingerprint density at radius 3 is 1.47 bits per heavy atom. The molecule has 11 aromatic carbocycles. The molecular formula is C63H37N3. The van der Waals surface area contributed by atoms with Gasteiger partial charge in [0.25, 0.3) is 0 Å². The van der Waals surface area contributed by atoms with Gasteiger partial charge in [0, 0.05) is 43.9 Å². The number of para-hydroxylation sites is 3. The second-order valence-corrected chi connectivity index (χ2v) is 17.9. The average Bonchev–Trinajstić information content (AvgIpc) is 4.00. The minimum atomic E-state index is 1.00. The summed E-state index contributed by atoms with van der Waals surface area (Å²) in [5.41, 5.74) is 17.9. The normalized spacial score (nSPS) is 12.2. The lowest BCUT2D eigenvalue weighted by molar-refractivity contribution is 1.18. The highest BCUT2D eigenvalue weighted by Gasteiger charge is 2.23. The minimum absolute atomic E-state index is 1.00. The standard InChI is InChI=1S/C63H37N3/c1-2-11-47(12-3-1)65-59-19-8-6-15-51(59)54-33-45-30-38(21-23-42(45)35-61(54)65)39-22-24-43-36-62-55(34-46(43)31-39)52-16-7-9-20-60(52)66(62)48-28-27-40-29-44(26-25-41(40)32-48)58-37-56-50-14-5-4-13-49(50)53-17-10-18-57(64-58)63(53)56/h1-37H. The first kappa shape index (κ1) is 35.6. The molecule has 0 atom stereocenters. The van der Waals surface area contributed by atoms with Crippen molar-refractivity contribution in [2.75, 3.05) is 0 Å². The zero-order chi connectivity index (χ0) is 43.0. The number of rotatable bonds is 4. The second-order valence-electron chi connectivity index (χ2n) is 17.9. The maximum absolute atomic E-state index is 5.21. The predicted molar refractivity (Wildman–Crippen MR) is 278 cm³/mol. The van der Waals surface area contributed by atoms with Crippen molar-refractivity contribution >= 4 is 86.8 Å². The molecule has 0 saturated heterocycles. The van der Waals surface area contributed by atoms with Crippen molar-refractivity contribution in [1.29, 1.82) is 0 Å². The summed E-state index contributed by atoms with van der Waals surface area (Å²) in [6.45, 7) is 0. The molecule has 3 heterocycles. The fourth-order valence-corrected chi connectivity index (χ4v) is 11.3. The van der Waals surface area contributed by atoms with E-state index in [1.165, 1.54) is 120 Å². The Hall–Kier alpha value is -8.79. The zero-order valence-electron chi connectivity index (χ0n) is 35.7. The summed E-state index contributed by atoms with van der Waals surface area (Å²) < 4.78 is 4.83. The first-order chi connectivity index (χ1) is 32.7. The molecule has 15 rings (SSSR count). The molecule has 3 heteroatoms. The van der Waals surface area contributed by atoms with Crippen molar-refractivity contribution in [3.63, 3.8) is 0 Å². The van der Waals surface area contributed by atoms with Crippen LogP contribution in [0.3, 0.4) is 0 Å². The molecule has 0 fully saturated rings. The van der Waals surface area contributed by atoms with E-state index in [0.717, 1.165) is 22.5 Å². The SMILES string of the molecule is c1ccc(-n2c3ccccc3c3cc4cc(-c5ccc6cc7c(cc6c5)c5ccccc5n7-c5ccc6cc(-c7cc8c9c(cccc9n7)-c7ccccc7-8)ccc6c5)ccc4cc32)cc1. The first-order valence-electron chi connectivity index (χ1n) is 22.8. The van der Waals surface area contributed by atoms with Crippen LogP contribution in [0.5, 0.6) is 0 Å². The highest BCUT2D eigenvalue weighted by molar-refractivity contribution is 6.17. The van der Waals surface area contributed by atoms with Crippen LogP contribution in [-0.4, -0.2) is 14.1 Å². The summed E-state index contributed by atoms with van der Waals surface area (Å²) in [6, 6.07) is 82.8. The van der Waals surface area contributed by atoms with Crippen molar-refractivity contribution in [3.05, 3.63) is 224 Å². The maximum Gasteiger partial charge on any atom is 0.0722 e. The number of nitrogens with zero attached hydrogens (tertiary/aromatic N) is 3. The van der Waals surface area contributed by atoms with Crippen LogP contribution in [0.15, 0.2) is 224 Å². The molecule has 0 unspecified atom stereocenters. The number of hydrogen-bond donors (Lipinski definition) is 0. The molecule has 3 nitrogen and oxygen atoms in total. The first-order valence-corrected chi connectivity index (χ1v) is 22.8. The third-order valence-corrected chi connectivity index (χ3v) is 14.3. The summed E-state index contributed by atoms with van der Waals surface area (Å²) in [6.07, 6.45) is 0. The zero-order valence-corrected chi connectivity index (χ0v) is 35.7. The predicted octanol–water partition coefficient (Wildman–Crippen LogP) is 16.9. The summed E-state index contributed by atoms with van der Waals surface area (Å²) in [5.74, 6) is 0. The van der Waals surface area contributed by atoms with E-state index in [0.29, 0.717) is 0 Å². The molecule has 1 aliphatic carbocycles. The Bertz CT molecular complexity index is 4400. The third kappa shape index (κ3) is 5.11. The average molecular weight is 836 g/mol. The van der Waals surface area contributed by atoms with E-state index >= 15 is 0 Å². The van der Waals surface area contributed by atoms with Crippen LogP contribution in [0.1, 0.15) is 0 Å². The molecule has 0 saturated carbocycles. The summed E-state index contributed by atoms with van der Waals surface area (Å²) in [5, 5.41) is 13.6. The van der Waals surface area contributed by atoms with E-state index in [2.05, 4.69) is 234 Å². The van der Waals surface area contributed by atoms with Gasteiger partial charge in [-0.1, -0.05) is 133 Å². The van der Waals surface area contributed by atoms with Gasteiger partial charge in [0.1, 0.15) is 0 Å². The van der Waals surface area contributed by atoms with Gasteiger partial charge in [-0.25, -0.2) is 4.98 Å². The summed E-state index contributed by atoms with van der Waals surface area (Å²) in [4.78, 5) is 5.21. The Kier molecular flexibility index (Phi) is 7.22. The Morgan fingerprint density at radius 2 is 0.788 bits per heavy atom. The molecule has 0 amide bonds. The molecule has 14 aromatic rings. The fraction of sp³-hybridized carbons (Fsp3) is 0. The quantitative estimate of drug-likeness (QED) is 0.173. The molecule has 1 aliphatic rings. The van der Waals surface area contributed by atoms with Gasteiger partial charge in [0.05, 0.1) is 33.3 Å². The van der Waals surface area contributed by atoms with Crippen LogP contribution in [0.25, 0.3) is 143 Å². The molecule has 0 radical (unpaired) electrons. The van der Waals surface area contributed by atoms with Crippen LogP contribution in [0, 0.1) is 0 Å². The Labute approximate surface area is 379 Å². The number of fused-ring (bicyclic) bond motifs is 12. The number of aromatic nitrogens is 3. The van der Waals surface area contributed by atoms with Gasteiger partial charge >= 0.3 is 0 Å². The third-order valence-electron chi connectivity index (χ3n) is 14.3. The van der Waals surface area contributed by atoms with E-state index in [4.69, 9.17) is 4.98 Å². The topological polar surface area (TPSA) is 22.8 Å². The monoisotopic (exact) mass is 835 g/mol. The second kappa shape index (κ2) is 13.4. The van der Waals surface area contributed by atoms with Gasteiger partial charge < -0.3 is 9.13 Å². The van der Waals surface area contributed by atoms with E-state index in [1.807, 2.05) is 0 Å². The largest absolute Gasteiger partial charge is 0.309 e. The minimum Gasteiger partial charge on any atom is -0.309 e. The van der Waals surface area contributed by atoms with E-state index < -0.39 is 0 Å². The van der Waals surface area contributed by atoms with Gasteiger partial charge in [0.2, 0.25) is 0 Å². The highest BCUT2D eigenvalue weighted by atomic mass is 15.0. The van der Waals surface area contributed by atoms with Crippen molar-refractivity contribution < 1.29 is 0 Å². The molecule has 304 valence electrons. The molecule has 0 bridgehead atoms. The van der Waals surface area contributed by atoms with Gasteiger partial charge in [-0.05, 0) is 157 Å². The molecule has 0 aliphatic heterocycles. The van der Waals surface area contributed by atoms with E-state index in [-0.39, 0.29) is 0 Å². The highest BCUT2D eigenvalue weighted by Crippen LogP contribution is 2.48. The van der Waals surface area contributed by atoms with Crippen molar-refractivity contribution in [2.24, 2.45) is 0 Å².